The molecular weight excluding hydrogens is 310 g/mol. The Kier molecular flexibility index (Phi) is 4.93. The van der Waals surface area contributed by atoms with E-state index in [1.165, 1.54) is 23.6 Å². The van der Waals surface area contributed by atoms with Crippen molar-refractivity contribution in [2.24, 2.45) is 0 Å². The number of anilines is 1. The number of thiophene rings is 1. The highest BCUT2D eigenvalue weighted by Crippen LogP contribution is 2.26. The van der Waals surface area contributed by atoms with Gasteiger partial charge in [0, 0.05) is 0 Å². The van der Waals surface area contributed by atoms with Gasteiger partial charge in [0.05, 0.1) is 10.5 Å². The molecule has 0 atom stereocenters. The van der Waals surface area contributed by atoms with Gasteiger partial charge in [-0.2, -0.15) is 0 Å². The molecule has 0 bridgehead atoms. The van der Waals surface area contributed by atoms with Crippen LogP contribution in [0.1, 0.15) is 10.4 Å². The lowest BCUT2D eigenvalue weighted by molar-refractivity contribution is 0.0698. The number of benzene rings is 1. The molecule has 0 aliphatic heterocycles. The molecule has 0 radical (unpaired) electrons. The number of carbonyl (C=O) groups is 1. The van der Waals surface area contributed by atoms with E-state index in [1.54, 1.807) is 18.2 Å². The molecule has 2 rings (SSSR count). The maximum absolute atomic E-state index is 12.0. The van der Waals surface area contributed by atoms with E-state index in [0.29, 0.717) is 0 Å². The van der Waals surface area contributed by atoms with Gasteiger partial charge >= 0.3 is 5.97 Å². The Morgan fingerprint density at radius 3 is 2.37 bits per heavy atom. The van der Waals surface area contributed by atoms with E-state index < -0.39 is 16.0 Å². The molecule has 2 N–H and O–H groups in total. The third-order valence-electron chi connectivity index (χ3n) is 2.18. The topological polar surface area (TPSA) is 83.5 Å². The van der Waals surface area contributed by atoms with Gasteiger partial charge in [-0.1, -0.05) is 18.2 Å². The van der Waals surface area contributed by atoms with Crippen molar-refractivity contribution in [3.63, 3.8) is 0 Å². The third kappa shape index (κ3) is 3.46. The predicted octanol–water partition coefficient (Wildman–Crippen LogP) is 2.67. The zero-order valence-electron chi connectivity index (χ0n) is 9.44. The fourth-order valence-corrected chi connectivity index (χ4v) is 3.47. The van der Waals surface area contributed by atoms with Crippen molar-refractivity contribution in [1.29, 1.82) is 0 Å². The number of nitrogens with one attached hydrogen (secondary N) is 1. The number of carboxylic acids is 1. The van der Waals surface area contributed by atoms with E-state index in [4.69, 9.17) is 5.11 Å². The second kappa shape index (κ2) is 6.05. The summed E-state index contributed by atoms with van der Waals surface area (Å²) in [6.07, 6.45) is 0. The first-order valence-corrected chi connectivity index (χ1v) is 7.25. The smallest absolute Gasteiger partial charge is 0.338 e. The van der Waals surface area contributed by atoms with Gasteiger partial charge in [-0.15, -0.1) is 23.7 Å². The molecule has 102 valence electrons. The summed E-state index contributed by atoms with van der Waals surface area (Å²) in [6.45, 7) is 0. The normalized spacial score (nSPS) is 10.5. The highest BCUT2D eigenvalue weighted by Gasteiger charge is 2.19. The standard InChI is InChI=1S/C11H9NO4S2.ClH/c13-11(14)9-6-7-17-10(9)12-18(15,16)8-4-2-1-3-5-8;/h1-7,12H,(H,13,14);1H. The second-order valence-corrected chi connectivity index (χ2v) is 5.99. The van der Waals surface area contributed by atoms with Crippen molar-refractivity contribution >= 4 is 44.7 Å². The molecule has 1 heterocycles. The van der Waals surface area contributed by atoms with E-state index in [1.807, 2.05) is 0 Å². The molecule has 0 spiro atoms. The van der Waals surface area contributed by atoms with Crippen LogP contribution < -0.4 is 4.72 Å². The summed E-state index contributed by atoms with van der Waals surface area (Å²) in [5.41, 5.74) is -0.0560. The van der Waals surface area contributed by atoms with Gasteiger partial charge in [-0.05, 0) is 23.6 Å². The average Bonchev–Trinajstić information content (AvgIpc) is 2.78. The van der Waals surface area contributed by atoms with Gasteiger partial charge in [0.15, 0.2) is 0 Å². The van der Waals surface area contributed by atoms with Crippen LogP contribution in [-0.4, -0.2) is 19.5 Å². The summed E-state index contributed by atoms with van der Waals surface area (Å²) in [6, 6.07) is 9.14. The van der Waals surface area contributed by atoms with Gasteiger partial charge in [-0.3, -0.25) is 4.72 Å². The molecule has 0 saturated heterocycles. The molecule has 1 aromatic heterocycles. The van der Waals surface area contributed by atoms with Crippen molar-refractivity contribution in [3.05, 3.63) is 47.3 Å². The molecule has 5 nitrogen and oxygen atoms in total. The summed E-state index contributed by atoms with van der Waals surface area (Å²) in [5.74, 6) is -1.16. The van der Waals surface area contributed by atoms with Gasteiger partial charge in [0.1, 0.15) is 5.00 Å². The average molecular weight is 320 g/mol. The molecular formula is C11H10ClNO4S2. The number of sulfonamides is 1. The van der Waals surface area contributed by atoms with E-state index in [2.05, 4.69) is 4.72 Å². The summed E-state index contributed by atoms with van der Waals surface area (Å²) < 4.78 is 26.2. The lowest BCUT2D eigenvalue weighted by Crippen LogP contribution is -2.13. The molecule has 0 unspecified atom stereocenters. The van der Waals surface area contributed by atoms with Crippen LogP contribution in [0, 0.1) is 0 Å². The molecule has 0 fully saturated rings. The minimum Gasteiger partial charge on any atom is -0.478 e. The Hall–Kier alpha value is -1.57. The third-order valence-corrected chi connectivity index (χ3v) is 4.50. The summed E-state index contributed by atoms with van der Waals surface area (Å²) in [7, 11) is -3.74. The highest BCUT2D eigenvalue weighted by atomic mass is 35.5. The molecule has 8 heteroatoms. The van der Waals surface area contributed by atoms with Crippen molar-refractivity contribution in [1.82, 2.24) is 0 Å². The first-order chi connectivity index (χ1) is 8.50. The number of halogens is 1. The summed E-state index contributed by atoms with van der Waals surface area (Å²) in [5, 5.41) is 10.5. The van der Waals surface area contributed by atoms with Crippen LogP contribution in [0.25, 0.3) is 0 Å². The van der Waals surface area contributed by atoms with E-state index >= 15 is 0 Å². The van der Waals surface area contributed by atoms with Crippen molar-refractivity contribution < 1.29 is 18.3 Å². The largest absolute Gasteiger partial charge is 0.478 e. The summed E-state index contributed by atoms with van der Waals surface area (Å²) >= 11 is 1.03. The maximum atomic E-state index is 12.0. The van der Waals surface area contributed by atoms with Crippen LogP contribution in [0.2, 0.25) is 0 Å². The number of aromatic carboxylic acids is 1. The minimum absolute atomic E-state index is 0. The van der Waals surface area contributed by atoms with Crippen LogP contribution >= 0.6 is 23.7 Å². The number of rotatable bonds is 4. The van der Waals surface area contributed by atoms with E-state index in [-0.39, 0.29) is 27.9 Å². The van der Waals surface area contributed by atoms with Crippen molar-refractivity contribution in [2.75, 3.05) is 4.72 Å². The van der Waals surface area contributed by atoms with E-state index in [9.17, 15) is 13.2 Å². The fourth-order valence-electron chi connectivity index (χ4n) is 1.34. The molecule has 1 aromatic carbocycles. The highest BCUT2D eigenvalue weighted by molar-refractivity contribution is 7.93. The Morgan fingerprint density at radius 1 is 1.16 bits per heavy atom. The number of hydrogen-bond acceptors (Lipinski definition) is 4. The Balaban J connectivity index is 0.00000180. The van der Waals surface area contributed by atoms with Gasteiger partial charge in [0.25, 0.3) is 10.0 Å². The fraction of sp³-hybridized carbons (Fsp3) is 0. The zero-order valence-corrected chi connectivity index (χ0v) is 11.9. The molecule has 0 aliphatic carbocycles. The molecule has 0 saturated carbocycles. The molecule has 0 aliphatic rings. The Bertz CT molecular complexity index is 667. The van der Waals surface area contributed by atoms with Crippen LogP contribution in [0.3, 0.4) is 0 Å². The van der Waals surface area contributed by atoms with Crippen molar-refractivity contribution in [3.8, 4) is 0 Å². The lowest BCUT2D eigenvalue weighted by Gasteiger charge is -2.06. The number of hydrogen-bond donors (Lipinski definition) is 2. The molecule has 0 amide bonds. The molecule has 2 aromatic rings. The van der Waals surface area contributed by atoms with Crippen LogP contribution in [0.5, 0.6) is 0 Å². The van der Waals surface area contributed by atoms with E-state index in [0.717, 1.165) is 11.3 Å². The van der Waals surface area contributed by atoms with Crippen LogP contribution in [0.15, 0.2) is 46.7 Å². The minimum atomic E-state index is -3.74. The van der Waals surface area contributed by atoms with Gasteiger partial charge < -0.3 is 5.11 Å². The first kappa shape index (κ1) is 15.5. The van der Waals surface area contributed by atoms with Gasteiger partial charge in [-0.25, -0.2) is 13.2 Å². The monoisotopic (exact) mass is 319 g/mol. The predicted molar refractivity (Wildman–Crippen MR) is 75.8 cm³/mol. The van der Waals surface area contributed by atoms with Crippen LogP contribution in [0.4, 0.5) is 5.00 Å². The molecule has 19 heavy (non-hydrogen) atoms. The SMILES string of the molecule is Cl.O=C(O)c1ccsc1NS(=O)(=O)c1ccccc1. The maximum Gasteiger partial charge on any atom is 0.338 e. The Labute approximate surface area is 120 Å². The zero-order chi connectivity index (χ0) is 13.2. The summed E-state index contributed by atoms with van der Waals surface area (Å²) in [4.78, 5) is 11.0. The lowest BCUT2D eigenvalue weighted by atomic mass is 10.3. The van der Waals surface area contributed by atoms with Gasteiger partial charge in [0.2, 0.25) is 0 Å². The second-order valence-electron chi connectivity index (χ2n) is 3.39. The number of carboxylic acid groups (broad SMARTS) is 1. The first-order valence-electron chi connectivity index (χ1n) is 4.89. The van der Waals surface area contributed by atoms with Crippen molar-refractivity contribution in [2.45, 2.75) is 4.90 Å². The van der Waals surface area contributed by atoms with Crippen LogP contribution in [-0.2, 0) is 10.0 Å². The Morgan fingerprint density at radius 2 is 1.79 bits per heavy atom. The quantitative estimate of drug-likeness (QED) is 0.907.